The van der Waals surface area contributed by atoms with Crippen LogP contribution in [0.25, 0.3) is 0 Å². The summed E-state index contributed by atoms with van der Waals surface area (Å²) in [5.41, 5.74) is -1.27. The van der Waals surface area contributed by atoms with Crippen molar-refractivity contribution < 1.29 is 41.7 Å². The molecule has 10 nitrogen and oxygen atoms in total. The molecule has 2 aliphatic rings. The molecule has 2 aromatic rings. The highest BCUT2D eigenvalue weighted by Crippen LogP contribution is 2.31. The Labute approximate surface area is 201 Å². The van der Waals surface area contributed by atoms with Crippen LogP contribution in [0.1, 0.15) is 15.9 Å². The van der Waals surface area contributed by atoms with E-state index < -0.39 is 48.0 Å². The number of rotatable bonds is 5. The number of nitrogens with zero attached hydrogens (tertiary/aromatic N) is 4. The lowest BCUT2D eigenvalue weighted by atomic mass is 10.0. The molecule has 0 radical (unpaired) electrons. The number of imide groups is 1. The van der Waals surface area contributed by atoms with Gasteiger partial charge in [0.1, 0.15) is 11.8 Å². The van der Waals surface area contributed by atoms with Gasteiger partial charge in [0, 0.05) is 11.9 Å². The van der Waals surface area contributed by atoms with Crippen molar-refractivity contribution in [1.29, 1.82) is 0 Å². The summed E-state index contributed by atoms with van der Waals surface area (Å²) >= 11 is 0. The number of amides is 4. The second-order valence-electron chi connectivity index (χ2n) is 7.53. The number of hydrogen-bond acceptors (Lipinski definition) is 7. The third-order valence-electron chi connectivity index (χ3n) is 5.24. The Kier molecular flexibility index (Phi) is 6.47. The number of benzene rings is 1. The molecule has 0 saturated carbocycles. The molecule has 0 saturated heterocycles. The molecule has 0 fully saturated rings. The molecule has 1 unspecified atom stereocenters. The van der Waals surface area contributed by atoms with Crippen molar-refractivity contribution in [2.75, 3.05) is 23.9 Å². The summed E-state index contributed by atoms with van der Waals surface area (Å²) in [6, 6.07) is 5.69. The maximum Gasteiger partial charge on any atom is 0.452 e. The third-order valence-corrected chi connectivity index (χ3v) is 5.24. The van der Waals surface area contributed by atoms with Crippen LogP contribution in [0.4, 0.5) is 29.5 Å². The largest absolute Gasteiger partial charge is 0.465 e. The van der Waals surface area contributed by atoms with E-state index in [9.17, 15) is 32.3 Å². The van der Waals surface area contributed by atoms with Gasteiger partial charge >= 0.3 is 24.1 Å². The maximum absolute atomic E-state index is 13.4. The van der Waals surface area contributed by atoms with Gasteiger partial charge in [0.15, 0.2) is 12.5 Å². The lowest BCUT2D eigenvalue weighted by Crippen LogP contribution is -2.56. The standard InChI is InChI=1S/C23H16F3N5O5/c1-36-21(34)16-8-4-10-28-19(16)31-20(33)15-7-3-9-27-18(15)30(22(31)35)12-17(32)29-14-6-2-5-13(11-14)23(24,25)26/h2-11,15H,12H2,1H3/p+1. The number of ether oxygens (including phenoxy) is 1. The molecule has 1 aromatic carbocycles. The van der Waals surface area contributed by atoms with Crippen LogP contribution in [0, 0.1) is 5.92 Å². The number of dihydropyridines is 1. The van der Waals surface area contributed by atoms with Crippen molar-refractivity contribution in [3.63, 3.8) is 0 Å². The number of allylic oxidation sites excluding steroid dienone is 1. The van der Waals surface area contributed by atoms with Crippen LogP contribution in [0.3, 0.4) is 0 Å². The van der Waals surface area contributed by atoms with E-state index in [4.69, 9.17) is 4.74 Å². The minimum atomic E-state index is -4.61. The van der Waals surface area contributed by atoms with Crippen molar-refractivity contribution in [3.05, 3.63) is 65.9 Å². The smallest absolute Gasteiger partial charge is 0.452 e. The maximum atomic E-state index is 13.4. The van der Waals surface area contributed by atoms with Crippen molar-refractivity contribution in [2.24, 2.45) is 10.9 Å². The first kappa shape index (κ1) is 24.4. The van der Waals surface area contributed by atoms with Crippen LogP contribution in [-0.2, 0) is 20.5 Å². The fraction of sp³-hybridized carbons (Fsp3) is 0.174. The first-order valence-electron chi connectivity index (χ1n) is 10.4. The Morgan fingerprint density at radius 1 is 1.19 bits per heavy atom. The molecular weight excluding hydrogens is 483 g/mol. The zero-order chi connectivity index (χ0) is 26.0. The quantitative estimate of drug-likeness (QED) is 0.498. The molecule has 0 aliphatic carbocycles. The van der Waals surface area contributed by atoms with Gasteiger partial charge in [-0.15, -0.1) is 9.89 Å². The molecule has 4 amide bonds. The first-order chi connectivity index (χ1) is 17.1. The molecule has 2 aliphatic heterocycles. The van der Waals surface area contributed by atoms with E-state index in [1.54, 1.807) is 0 Å². The Bertz CT molecular complexity index is 1370. The van der Waals surface area contributed by atoms with Crippen LogP contribution < -0.4 is 10.2 Å². The molecular formula is C23H17F3N5O5+. The number of hydrogen-bond donors (Lipinski definition) is 1. The average molecular weight is 500 g/mol. The topological polar surface area (TPSA) is 121 Å². The number of aliphatic imine (C=N–C) groups is 1. The average Bonchev–Trinajstić information content (AvgIpc) is 2.86. The number of alkyl halides is 3. The fourth-order valence-electron chi connectivity index (χ4n) is 3.63. The fourth-order valence-corrected chi connectivity index (χ4v) is 3.63. The number of amidine groups is 1. The lowest BCUT2D eigenvalue weighted by molar-refractivity contribution is -0.418. The number of urea groups is 1. The number of esters is 1. The molecule has 1 atom stereocenters. The summed E-state index contributed by atoms with van der Waals surface area (Å²) in [6.45, 7) is -0.684. The second kappa shape index (κ2) is 9.52. The molecule has 1 aromatic heterocycles. The van der Waals surface area contributed by atoms with Crippen molar-refractivity contribution in [1.82, 2.24) is 4.98 Å². The van der Waals surface area contributed by atoms with E-state index in [1.165, 1.54) is 42.8 Å². The van der Waals surface area contributed by atoms with Gasteiger partial charge in [-0.1, -0.05) is 12.1 Å². The number of pyridine rings is 1. The van der Waals surface area contributed by atoms with Crippen molar-refractivity contribution >= 4 is 47.4 Å². The van der Waals surface area contributed by atoms with E-state index in [0.717, 1.165) is 29.9 Å². The highest BCUT2D eigenvalue weighted by Gasteiger charge is 2.49. The van der Waals surface area contributed by atoms with E-state index in [2.05, 4.69) is 15.3 Å². The molecule has 3 heterocycles. The highest BCUT2D eigenvalue weighted by atomic mass is 19.4. The number of carbonyl (C=O) groups is 4. The van der Waals surface area contributed by atoms with E-state index in [1.807, 2.05) is 0 Å². The molecule has 36 heavy (non-hydrogen) atoms. The zero-order valence-electron chi connectivity index (χ0n) is 18.5. The third kappa shape index (κ3) is 4.62. The van der Waals surface area contributed by atoms with Crippen LogP contribution in [0.2, 0.25) is 0 Å². The van der Waals surface area contributed by atoms with Crippen molar-refractivity contribution in [2.45, 2.75) is 6.18 Å². The van der Waals surface area contributed by atoms with Crippen LogP contribution in [0.15, 0.2) is 59.7 Å². The van der Waals surface area contributed by atoms with Gasteiger partial charge in [-0.3, -0.25) is 9.59 Å². The van der Waals surface area contributed by atoms with Crippen LogP contribution >= 0.6 is 0 Å². The first-order valence-corrected chi connectivity index (χ1v) is 10.4. The second-order valence-corrected chi connectivity index (χ2v) is 7.53. The number of anilines is 2. The highest BCUT2D eigenvalue weighted by molar-refractivity contribution is 6.25. The van der Waals surface area contributed by atoms with E-state index in [0.29, 0.717) is 4.90 Å². The number of halogens is 3. The minimum Gasteiger partial charge on any atom is -0.465 e. The summed E-state index contributed by atoms with van der Waals surface area (Å²) in [5, 5.41) is 2.31. The summed E-state index contributed by atoms with van der Waals surface area (Å²) in [4.78, 5) is 60.3. The van der Waals surface area contributed by atoms with Gasteiger partial charge in [0.25, 0.3) is 11.7 Å². The Balaban J connectivity index is 1.69. The Hall–Kier alpha value is -4.68. The monoisotopic (exact) mass is 500 g/mol. The molecule has 0 bridgehead atoms. The van der Waals surface area contributed by atoms with Crippen LogP contribution in [0.5, 0.6) is 0 Å². The Morgan fingerprint density at radius 2 is 1.97 bits per heavy atom. The van der Waals surface area contributed by atoms with Gasteiger partial charge < -0.3 is 10.1 Å². The summed E-state index contributed by atoms with van der Waals surface area (Å²) in [7, 11) is 1.12. The normalized spacial score (nSPS) is 17.2. The number of carbonyl (C=O) groups excluding carboxylic acids is 4. The zero-order valence-corrected chi connectivity index (χ0v) is 18.5. The number of methoxy groups -OCH3 is 1. The van der Waals surface area contributed by atoms with Gasteiger partial charge in [0.05, 0.1) is 12.7 Å². The predicted molar refractivity (Wildman–Crippen MR) is 120 cm³/mol. The molecule has 184 valence electrons. The van der Waals surface area contributed by atoms with Gasteiger partial charge in [-0.25, -0.2) is 14.6 Å². The SMILES string of the molecule is COC(=O)c1cccnc1N1C(=O)C2C=CC=NC2=[N+](CC(=O)Nc2cccc(C(F)(F)F)c2)C1=O. The Morgan fingerprint density at radius 3 is 2.69 bits per heavy atom. The molecule has 0 spiro atoms. The van der Waals surface area contributed by atoms with Gasteiger partial charge in [0.2, 0.25) is 5.82 Å². The molecule has 13 heteroatoms. The summed E-state index contributed by atoms with van der Waals surface area (Å²) < 4.78 is 44.6. The minimum absolute atomic E-state index is 0.0570. The number of nitrogens with one attached hydrogen (secondary N) is 1. The molecule has 1 N–H and O–H groups in total. The van der Waals surface area contributed by atoms with E-state index in [-0.39, 0.29) is 22.9 Å². The number of fused-ring (bicyclic) bond motifs is 1. The summed E-state index contributed by atoms with van der Waals surface area (Å²) in [6.07, 6.45) is 0.890. The molecule has 4 rings (SSSR count). The predicted octanol–water partition coefficient (Wildman–Crippen LogP) is 2.66. The lowest BCUT2D eigenvalue weighted by Gasteiger charge is -2.26. The summed E-state index contributed by atoms with van der Waals surface area (Å²) in [5.74, 6) is -3.90. The van der Waals surface area contributed by atoms with Gasteiger partial charge in [-0.2, -0.15) is 17.7 Å². The van der Waals surface area contributed by atoms with E-state index >= 15 is 0 Å². The van der Waals surface area contributed by atoms with Gasteiger partial charge in [-0.05, 0) is 36.4 Å². The van der Waals surface area contributed by atoms with Crippen LogP contribution in [-0.4, -0.2) is 59.1 Å². The van der Waals surface area contributed by atoms with Crippen molar-refractivity contribution in [3.8, 4) is 0 Å². The number of aromatic nitrogens is 1.